The van der Waals surface area contributed by atoms with Crippen LogP contribution in [0, 0.1) is 5.82 Å². The molecule has 0 saturated carbocycles. The van der Waals surface area contributed by atoms with E-state index in [2.05, 4.69) is 20.0 Å². The predicted molar refractivity (Wildman–Crippen MR) is 171 cm³/mol. The van der Waals surface area contributed by atoms with E-state index in [1.165, 1.54) is 38.9 Å². The molecule has 0 radical (unpaired) electrons. The van der Waals surface area contributed by atoms with Gasteiger partial charge in [0, 0.05) is 57.2 Å². The molecule has 3 atom stereocenters. The van der Waals surface area contributed by atoms with Crippen LogP contribution in [0.25, 0.3) is 0 Å². The number of fused-ring (bicyclic) bond motifs is 3. The Balaban J connectivity index is 0.000000412. The number of hydrogen-bond acceptors (Lipinski definition) is 10. The molecule has 2 saturated heterocycles. The predicted octanol–water partition coefficient (Wildman–Crippen LogP) is 4.83. The quantitative estimate of drug-likeness (QED) is 0.295. The SMILES string of the molecule is COc1nc2c(c(N3CCC(=O)n4nc(C(=O)N(C)C)c(Cl)c4C3)n1)COC(c1c(C(F)(F)F)ccc(N)c1F)C2.FC1CC2CCCN2C1. The molecule has 6 heterocycles. The number of rotatable bonds is 4. The molecule has 2 N–H and O–H groups in total. The standard InChI is InChI=1S/C25H24ClF4N7O4.C7H12FN/c1-35(2)23(39)21-19(26)15-9-36(7-6-17(38)37(15)34-21)22-11-10-41-16(8-14(11)32-24(33-22)40-3)18-12(25(28,29)30)4-5-13(31)20(18)27;8-6-4-7-2-1-3-9(7)5-6/h4-5,16H,6-10,31H2,1-3H3;6-7H,1-5H2. The molecule has 50 heavy (non-hydrogen) atoms. The van der Waals surface area contributed by atoms with Crippen LogP contribution in [-0.4, -0.2) is 94.4 Å². The maximum atomic E-state index is 15.0. The van der Waals surface area contributed by atoms with Gasteiger partial charge in [-0.1, -0.05) is 11.6 Å². The van der Waals surface area contributed by atoms with Crippen LogP contribution in [0.4, 0.5) is 33.5 Å². The number of carbonyl (C=O) groups excluding carboxylic acids is 2. The monoisotopic (exact) mass is 726 g/mol. The smallest absolute Gasteiger partial charge is 0.416 e. The fourth-order valence-corrected chi connectivity index (χ4v) is 7.13. The maximum Gasteiger partial charge on any atom is 0.416 e. The van der Waals surface area contributed by atoms with Crippen LogP contribution in [0.5, 0.6) is 6.01 Å². The fraction of sp³-hybridized carbons (Fsp3) is 0.531. The summed E-state index contributed by atoms with van der Waals surface area (Å²) >= 11 is 6.51. The van der Waals surface area contributed by atoms with Gasteiger partial charge in [-0.05, 0) is 37.9 Å². The van der Waals surface area contributed by atoms with Gasteiger partial charge in [0.05, 0.1) is 54.0 Å². The minimum absolute atomic E-state index is 0.00646. The van der Waals surface area contributed by atoms with Gasteiger partial charge in [0.15, 0.2) is 11.5 Å². The van der Waals surface area contributed by atoms with Crippen molar-refractivity contribution in [2.45, 2.75) is 69.7 Å². The van der Waals surface area contributed by atoms with Gasteiger partial charge in [-0.3, -0.25) is 14.5 Å². The molecule has 12 nitrogen and oxygen atoms in total. The number of carbonyl (C=O) groups is 2. The van der Waals surface area contributed by atoms with Crippen molar-refractivity contribution in [1.29, 1.82) is 0 Å². The number of nitrogen functional groups attached to an aromatic ring is 1. The number of nitrogens with zero attached hydrogens (tertiary/aromatic N) is 7. The Morgan fingerprint density at radius 3 is 2.64 bits per heavy atom. The number of ether oxygens (including phenoxy) is 2. The highest BCUT2D eigenvalue weighted by Gasteiger charge is 2.40. The number of benzene rings is 1. The second-order valence-electron chi connectivity index (χ2n) is 12.8. The number of aromatic nitrogens is 4. The van der Waals surface area contributed by atoms with Crippen molar-refractivity contribution in [1.82, 2.24) is 29.5 Å². The molecule has 3 unspecified atom stereocenters. The average molecular weight is 727 g/mol. The number of halogens is 6. The van der Waals surface area contributed by atoms with E-state index in [0.29, 0.717) is 18.2 Å². The topological polar surface area (TPSA) is 132 Å². The Bertz CT molecular complexity index is 1790. The molecule has 0 bridgehead atoms. The third-order valence-electron chi connectivity index (χ3n) is 9.33. The van der Waals surface area contributed by atoms with Crippen LogP contribution in [0.2, 0.25) is 5.02 Å². The van der Waals surface area contributed by atoms with E-state index in [-0.39, 0.29) is 66.5 Å². The molecule has 4 aliphatic heterocycles. The van der Waals surface area contributed by atoms with Crippen LogP contribution >= 0.6 is 11.6 Å². The summed E-state index contributed by atoms with van der Waals surface area (Å²) < 4.78 is 81.0. The van der Waals surface area contributed by atoms with Gasteiger partial charge in [0.2, 0.25) is 5.91 Å². The van der Waals surface area contributed by atoms with Gasteiger partial charge >= 0.3 is 12.2 Å². The van der Waals surface area contributed by atoms with Gasteiger partial charge in [-0.15, -0.1) is 0 Å². The fourth-order valence-electron chi connectivity index (χ4n) is 6.87. The van der Waals surface area contributed by atoms with Crippen LogP contribution in [0.15, 0.2) is 12.1 Å². The normalized spacial score (nSPS) is 21.9. The number of amides is 1. The lowest BCUT2D eigenvalue weighted by molar-refractivity contribution is -0.140. The third kappa shape index (κ3) is 6.82. The van der Waals surface area contributed by atoms with Crippen molar-refractivity contribution in [3.63, 3.8) is 0 Å². The number of anilines is 2. The van der Waals surface area contributed by atoms with Crippen molar-refractivity contribution < 1.29 is 41.0 Å². The Morgan fingerprint density at radius 2 is 1.96 bits per heavy atom. The summed E-state index contributed by atoms with van der Waals surface area (Å²) in [7, 11) is 4.37. The number of hydrogen-bond donors (Lipinski definition) is 1. The maximum absolute atomic E-state index is 15.0. The molecule has 270 valence electrons. The highest BCUT2D eigenvalue weighted by molar-refractivity contribution is 6.34. The largest absolute Gasteiger partial charge is 0.467 e. The summed E-state index contributed by atoms with van der Waals surface area (Å²) in [6, 6.07) is 2.09. The molecule has 1 amide bonds. The van der Waals surface area contributed by atoms with Gasteiger partial charge < -0.3 is 25.0 Å². The van der Waals surface area contributed by atoms with Crippen LogP contribution in [-0.2, 0) is 30.5 Å². The van der Waals surface area contributed by atoms with Crippen LogP contribution in [0.3, 0.4) is 0 Å². The summed E-state index contributed by atoms with van der Waals surface area (Å²) in [6.07, 6.45) is -3.65. The van der Waals surface area contributed by atoms with E-state index in [1.807, 2.05) is 0 Å². The molecule has 0 aliphatic carbocycles. The zero-order chi connectivity index (χ0) is 36.1. The van der Waals surface area contributed by atoms with Crippen molar-refractivity contribution in [3.05, 3.63) is 56.7 Å². The first-order valence-electron chi connectivity index (χ1n) is 16.0. The first-order valence-corrected chi connectivity index (χ1v) is 16.4. The Morgan fingerprint density at radius 1 is 1.20 bits per heavy atom. The first-order chi connectivity index (χ1) is 23.7. The molecule has 18 heteroatoms. The van der Waals surface area contributed by atoms with E-state index in [1.54, 1.807) is 4.90 Å². The summed E-state index contributed by atoms with van der Waals surface area (Å²) in [5.41, 5.74) is 4.11. The molecule has 7 rings (SSSR count). The van der Waals surface area contributed by atoms with Crippen molar-refractivity contribution in [2.75, 3.05) is 51.5 Å². The molecular weight excluding hydrogens is 691 g/mol. The summed E-state index contributed by atoms with van der Waals surface area (Å²) in [4.78, 5) is 39.5. The lowest BCUT2D eigenvalue weighted by atomic mass is 9.94. The second-order valence-corrected chi connectivity index (χ2v) is 13.2. The average Bonchev–Trinajstić information content (AvgIpc) is 3.72. The molecule has 2 aromatic heterocycles. The van der Waals surface area contributed by atoms with Crippen molar-refractivity contribution in [3.8, 4) is 6.01 Å². The van der Waals surface area contributed by atoms with E-state index >= 15 is 0 Å². The van der Waals surface area contributed by atoms with Gasteiger partial charge in [0.25, 0.3) is 5.91 Å². The Labute approximate surface area is 289 Å². The lowest BCUT2D eigenvalue weighted by Gasteiger charge is -2.31. The minimum Gasteiger partial charge on any atom is -0.467 e. The third-order valence-corrected chi connectivity index (χ3v) is 9.73. The number of nitrogens with two attached hydrogens (primary N) is 1. The van der Waals surface area contributed by atoms with Crippen LogP contribution in [0.1, 0.15) is 75.1 Å². The number of alkyl halides is 4. The first kappa shape index (κ1) is 35.7. The molecule has 3 aromatic rings. The van der Waals surface area contributed by atoms with Crippen LogP contribution < -0.4 is 15.4 Å². The Hall–Kier alpha value is -4.09. The summed E-state index contributed by atoms with van der Waals surface area (Å²) in [6.45, 7) is 1.76. The molecule has 1 aromatic carbocycles. The van der Waals surface area contributed by atoms with Crippen molar-refractivity contribution >= 4 is 34.9 Å². The zero-order valence-electron chi connectivity index (χ0n) is 27.6. The van der Waals surface area contributed by atoms with E-state index in [9.17, 15) is 31.5 Å². The lowest BCUT2D eigenvalue weighted by Crippen LogP contribution is -2.29. The van der Waals surface area contributed by atoms with Gasteiger partial charge in [-0.25, -0.2) is 13.5 Å². The molecule has 2 fully saturated rings. The van der Waals surface area contributed by atoms with E-state index < -0.39 is 52.9 Å². The molecule has 4 aliphatic rings. The van der Waals surface area contributed by atoms with Gasteiger partial charge in [0.1, 0.15) is 12.0 Å². The minimum atomic E-state index is -4.85. The van der Waals surface area contributed by atoms with E-state index in [4.69, 9.17) is 26.8 Å². The number of methoxy groups -OCH3 is 1. The highest BCUT2D eigenvalue weighted by Crippen LogP contribution is 2.43. The molecule has 0 spiro atoms. The highest BCUT2D eigenvalue weighted by atomic mass is 35.5. The Kier molecular flexibility index (Phi) is 9.94. The molecular formula is C32H36ClF5N8O4. The van der Waals surface area contributed by atoms with Gasteiger partial charge in [-0.2, -0.15) is 28.2 Å². The zero-order valence-corrected chi connectivity index (χ0v) is 28.3. The summed E-state index contributed by atoms with van der Waals surface area (Å²) in [5, 5.41) is 4.15. The summed E-state index contributed by atoms with van der Waals surface area (Å²) in [5.74, 6) is -1.81. The van der Waals surface area contributed by atoms with E-state index in [0.717, 1.165) is 29.8 Å². The van der Waals surface area contributed by atoms with Crippen molar-refractivity contribution in [2.24, 2.45) is 0 Å². The second kappa shape index (κ2) is 13.9.